The number of aromatic nitrogens is 1. The van der Waals surface area contributed by atoms with Gasteiger partial charge in [0.25, 0.3) is 5.91 Å². The van der Waals surface area contributed by atoms with E-state index in [1.807, 2.05) is 24.3 Å². The van der Waals surface area contributed by atoms with Gasteiger partial charge in [-0.15, -0.1) is 0 Å². The number of carbonyl (C=O) groups is 1. The van der Waals surface area contributed by atoms with Crippen molar-refractivity contribution in [3.05, 3.63) is 47.1 Å². The first kappa shape index (κ1) is 13.7. The van der Waals surface area contributed by atoms with Crippen LogP contribution < -0.4 is 15.4 Å². The van der Waals surface area contributed by atoms with Gasteiger partial charge >= 0.3 is 0 Å². The van der Waals surface area contributed by atoms with Crippen LogP contribution in [-0.2, 0) is 0 Å². The molecule has 1 aromatic heterocycles. The van der Waals surface area contributed by atoms with E-state index < -0.39 is 0 Å². The first-order valence-corrected chi connectivity index (χ1v) is 6.99. The molecule has 0 unspecified atom stereocenters. The quantitative estimate of drug-likeness (QED) is 0.879. The second kappa shape index (κ2) is 5.61. The number of nitrogens with two attached hydrogens (primary N) is 1. The molecule has 0 saturated carbocycles. The average molecular weight is 304 g/mol. The van der Waals surface area contributed by atoms with Crippen LogP contribution in [0, 0.1) is 0 Å². The van der Waals surface area contributed by atoms with Crippen LogP contribution in [0.5, 0.6) is 5.75 Å². The highest BCUT2D eigenvalue weighted by atomic mass is 35.5. The molecule has 1 amide bonds. The Morgan fingerprint density at radius 3 is 3.05 bits per heavy atom. The highest BCUT2D eigenvalue weighted by molar-refractivity contribution is 6.34. The first-order valence-electron chi connectivity index (χ1n) is 6.61. The summed E-state index contributed by atoms with van der Waals surface area (Å²) in [7, 11) is 0. The third-order valence-electron chi connectivity index (χ3n) is 3.29. The number of halogens is 1. The molecule has 0 bridgehead atoms. The fourth-order valence-corrected chi connectivity index (χ4v) is 2.49. The third-order valence-corrected chi connectivity index (χ3v) is 3.59. The molecule has 2 heterocycles. The van der Waals surface area contributed by atoms with Gasteiger partial charge in [0.15, 0.2) is 0 Å². The Hall–Kier alpha value is -2.27. The molecular weight excluding hydrogens is 290 g/mol. The summed E-state index contributed by atoms with van der Waals surface area (Å²) in [5, 5.41) is 0.289. The lowest BCUT2D eigenvalue weighted by molar-refractivity contribution is 0.0987. The lowest BCUT2D eigenvalue weighted by Gasteiger charge is -2.22. The van der Waals surface area contributed by atoms with Gasteiger partial charge in [0.1, 0.15) is 11.6 Å². The van der Waals surface area contributed by atoms with Crippen LogP contribution in [0.1, 0.15) is 16.8 Å². The summed E-state index contributed by atoms with van der Waals surface area (Å²) in [6.45, 7) is 1.14. The van der Waals surface area contributed by atoms with E-state index in [2.05, 4.69) is 4.98 Å². The Morgan fingerprint density at radius 2 is 2.19 bits per heavy atom. The summed E-state index contributed by atoms with van der Waals surface area (Å²) >= 11 is 6.08. The number of benzene rings is 1. The van der Waals surface area contributed by atoms with Gasteiger partial charge in [-0.05, 0) is 24.6 Å². The van der Waals surface area contributed by atoms with Gasteiger partial charge in [0.2, 0.25) is 0 Å². The zero-order valence-electron chi connectivity index (χ0n) is 11.3. The highest BCUT2D eigenvalue weighted by Gasteiger charge is 2.24. The summed E-state index contributed by atoms with van der Waals surface area (Å²) in [5.41, 5.74) is 6.75. The maximum Gasteiger partial charge on any atom is 0.260 e. The molecule has 0 aliphatic carbocycles. The summed E-state index contributed by atoms with van der Waals surface area (Å²) in [5.74, 6) is 0.760. The largest absolute Gasteiger partial charge is 0.491 e. The molecule has 21 heavy (non-hydrogen) atoms. The van der Waals surface area contributed by atoms with Gasteiger partial charge in [0.05, 0.1) is 22.9 Å². The molecule has 1 aliphatic rings. The number of anilines is 2. The number of ether oxygens (including phenoxy) is 1. The highest BCUT2D eigenvalue weighted by Crippen LogP contribution is 2.32. The number of hydrogen-bond acceptors (Lipinski definition) is 4. The molecule has 2 N–H and O–H groups in total. The molecule has 1 aromatic carbocycles. The van der Waals surface area contributed by atoms with Crippen molar-refractivity contribution in [1.29, 1.82) is 0 Å². The number of para-hydroxylation sites is 2. The molecule has 0 fully saturated rings. The van der Waals surface area contributed by atoms with Crippen LogP contribution >= 0.6 is 11.6 Å². The predicted molar refractivity (Wildman–Crippen MR) is 81.9 cm³/mol. The van der Waals surface area contributed by atoms with Crippen LogP contribution in [0.2, 0.25) is 5.02 Å². The molecule has 0 radical (unpaired) electrons. The molecule has 108 valence electrons. The Morgan fingerprint density at radius 1 is 1.38 bits per heavy atom. The van der Waals surface area contributed by atoms with Crippen LogP contribution in [-0.4, -0.2) is 24.0 Å². The van der Waals surface area contributed by atoms with E-state index in [0.717, 1.165) is 12.1 Å². The number of hydrogen-bond donors (Lipinski definition) is 1. The standard InChI is InChI=1S/C15H14ClN3O2/c16-11-9-18-14(17)8-10(11)15(20)19-6-3-7-21-13-5-2-1-4-12(13)19/h1-2,4-5,8-9H,3,6-7H2,(H2,17,18). The van der Waals surface area contributed by atoms with Crippen LogP contribution in [0.25, 0.3) is 0 Å². The van der Waals surface area contributed by atoms with E-state index in [0.29, 0.717) is 24.5 Å². The molecule has 3 rings (SSSR count). The smallest absolute Gasteiger partial charge is 0.260 e. The Bertz CT molecular complexity index is 690. The Balaban J connectivity index is 2.03. The van der Waals surface area contributed by atoms with E-state index in [4.69, 9.17) is 22.1 Å². The molecule has 2 aromatic rings. The molecule has 0 atom stereocenters. The van der Waals surface area contributed by atoms with Crippen LogP contribution in [0.3, 0.4) is 0 Å². The number of nitrogen functional groups attached to an aromatic ring is 1. The summed E-state index contributed by atoms with van der Waals surface area (Å²) in [4.78, 5) is 18.3. The minimum atomic E-state index is -0.202. The van der Waals surface area contributed by atoms with Crippen molar-refractivity contribution in [3.8, 4) is 5.75 Å². The Labute approximate surface area is 127 Å². The van der Waals surface area contributed by atoms with Gasteiger partial charge in [-0.2, -0.15) is 0 Å². The zero-order valence-corrected chi connectivity index (χ0v) is 12.0. The van der Waals surface area contributed by atoms with Gasteiger partial charge in [-0.3, -0.25) is 4.79 Å². The van der Waals surface area contributed by atoms with Crippen molar-refractivity contribution in [2.24, 2.45) is 0 Å². The fourth-order valence-electron chi connectivity index (χ4n) is 2.30. The van der Waals surface area contributed by atoms with E-state index in [9.17, 15) is 4.79 Å². The lowest BCUT2D eigenvalue weighted by atomic mass is 10.2. The van der Waals surface area contributed by atoms with Gasteiger partial charge in [0, 0.05) is 12.7 Å². The lowest BCUT2D eigenvalue weighted by Crippen LogP contribution is -2.31. The van der Waals surface area contributed by atoms with E-state index in [1.54, 1.807) is 4.90 Å². The fraction of sp³-hybridized carbons (Fsp3) is 0.200. The molecule has 0 spiro atoms. The van der Waals surface area contributed by atoms with Gasteiger partial charge in [-0.1, -0.05) is 23.7 Å². The second-order valence-electron chi connectivity index (χ2n) is 4.72. The SMILES string of the molecule is Nc1cc(C(=O)N2CCCOc3ccccc32)c(Cl)cn1. The molecule has 5 nitrogen and oxygen atoms in total. The van der Waals surface area contributed by atoms with Crippen LogP contribution in [0.4, 0.5) is 11.5 Å². The number of amides is 1. The monoisotopic (exact) mass is 303 g/mol. The average Bonchev–Trinajstić information content (AvgIpc) is 2.71. The number of carbonyl (C=O) groups excluding carboxylic acids is 1. The minimum absolute atomic E-state index is 0.202. The second-order valence-corrected chi connectivity index (χ2v) is 5.12. The molecule has 1 aliphatic heterocycles. The van der Waals surface area contributed by atoms with Crippen LogP contribution in [0.15, 0.2) is 36.5 Å². The van der Waals surface area contributed by atoms with E-state index >= 15 is 0 Å². The molecular formula is C15H14ClN3O2. The molecule has 6 heteroatoms. The number of nitrogens with zero attached hydrogens (tertiary/aromatic N) is 2. The number of pyridine rings is 1. The maximum absolute atomic E-state index is 12.8. The zero-order chi connectivity index (χ0) is 14.8. The van der Waals surface area contributed by atoms with Crippen molar-refractivity contribution < 1.29 is 9.53 Å². The van der Waals surface area contributed by atoms with Gasteiger partial charge < -0.3 is 15.4 Å². The van der Waals surface area contributed by atoms with Crippen molar-refractivity contribution >= 4 is 29.0 Å². The summed E-state index contributed by atoms with van der Waals surface area (Å²) < 4.78 is 5.65. The van der Waals surface area contributed by atoms with E-state index in [1.165, 1.54) is 12.3 Å². The minimum Gasteiger partial charge on any atom is -0.491 e. The van der Waals surface area contributed by atoms with Crippen molar-refractivity contribution in [3.63, 3.8) is 0 Å². The third kappa shape index (κ3) is 2.64. The van der Waals surface area contributed by atoms with E-state index in [-0.39, 0.29) is 16.7 Å². The first-order chi connectivity index (χ1) is 10.2. The summed E-state index contributed by atoms with van der Waals surface area (Å²) in [6, 6.07) is 8.96. The predicted octanol–water partition coefficient (Wildman–Crippen LogP) is 2.75. The van der Waals surface area contributed by atoms with Crippen molar-refractivity contribution in [2.75, 3.05) is 23.8 Å². The topological polar surface area (TPSA) is 68.5 Å². The maximum atomic E-state index is 12.8. The van der Waals surface area contributed by atoms with Crippen molar-refractivity contribution in [1.82, 2.24) is 4.98 Å². The Kier molecular flexibility index (Phi) is 3.66. The van der Waals surface area contributed by atoms with Gasteiger partial charge in [-0.25, -0.2) is 4.98 Å². The number of rotatable bonds is 1. The normalized spacial score (nSPS) is 14.0. The summed E-state index contributed by atoms with van der Waals surface area (Å²) in [6.07, 6.45) is 2.14. The molecule has 0 saturated heterocycles. The number of fused-ring (bicyclic) bond motifs is 1. The van der Waals surface area contributed by atoms with Crippen molar-refractivity contribution in [2.45, 2.75) is 6.42 Å².